The summed E-state index contributed by atoms with van der Waals surface area (Å²) in [6.07, 6.45) is -11.1. The zero-order valence-corrected chi connectivity index (χ0v) is 7.29. The molecule has 0 N–H and O–H groups in total. The molecule has 0 aromatic heterocycles. The summed E-state index contributed by atoms with van der Waals surface area (Å²) >= 11 is 0. The van der Waals surface area contributed by atoms with Crippen molar-refractivity contribution in [2.24, 2.45) is 0 Å². The molecule has 0 aliphatic rings. The highest BCUT2D eigenvalue weighted by molar-refractivity contribution is 5.07. The number of rotatable bonds is 4. The fraction of sp³-hybridized carbons (Fsp3) is 0.429. The van der Waals surface area contributed by atoms with Crippen molar-refractivity contribution in [3.05, 3.63) is 25.0 Å². The van der Waals surface area contributed by atoms with Crippen LogP contribution in [0.25, 0.3) is 0 Å². The van der Waals surface area contributed by atoms with Crippen LogP contribution in [0.15, 0.2) is 25.0 Å². The van der Waals surface area contributed by atoms with Gasteiger partial charge in [0.2, 0.25) is 0 Å². The number of hydrogen-bond donors (Lipinski definition) is 0. The second kappa shape index (κ2) is 4.30. The smallest absolute Gasteiger partial charge is 0.454 e. The Bertz CT molecular complexity index is 289. The lowest BCUT2D eigenvalue weighted by molar-refractivity contribution is -0.374. The first-order valence-electron chi connectivity index (χ1n) is 3.44. The monoisotopic (exact) mass is 256 g/mol. The topological polar surface area (TPSA) is 9.23 Å². The van der Waals surface area contributed by atoms with Crippen LogP contribution < -0.4 is 0 Å². The fourth-order valence-corrected chi connectivity index (χ4v) is 0.679. The number of hydrogen-bond acceptors (Lipinski definition) is 1. The lowest BCUT2D eigenvalue weighted by atomic mass is 10.1. The summed E-state index contributed by atoms with van der Waals surface area (Å²) in [5, 5.41) is 0. The molecule has 1 unspecified atom stereocenters. The van der Waals surface area contributed by atoms with Crippen LogP contribution in [0.5, 0.6) is 0 Å². The van der Waals surface area contributed by atoms with Gasteiger partial charge in [0.05, 0.1) is 12.3 Å². The van der Waals surface area contributed by atoms with Crippen LogP contribution in [0, 0.1) is 0 Å². The van der Waals surface area contributed by atoms with E-state index in [4.69, 9.17) is 0 Å². The Morgan fingerprint density at radius 3 is 1.69 bits per heavy atom. The van der Waals surface area contributed by atoms with Crippen LogP contribution in [0.1, 0.15) is 0 Å². The molecule has 0 rings (SSSR count). The van der Waals surface area contributed by atoms with Gasteiger partial charge >= 0.3 is 18.0 Å². The molecule has 16 heavy (non-hydrogen) atoms. The average Bonchev–Trinajstić information content (AvgIpc) is 1.99. The van der Waals surface area contributed by atoms with E-state index in [0.717, 1.165) is 0 Å². The van der Waals surface area contributed by atoms with Crippen molar-refractivity contribution in [3.63, 3.8) is 0 Å². The molecule has 0 saturated carbocycles. The first-order valence-corrected chi connectivity index (χ1v) is 3.44. The van der Waals surface area contributed by atoms with E-state index in [0.29, 0.717) is 0 Å². The summed E-state index contributed by atoms with van der Waals surface area (Å²) in [5.41, 5.74) is 0. The Balaban J connectivity index is 5.52. The molecule has 9 heteroatoms. The Morgan fingerprint density at radius 1 is 1.00 bits per heavy atom. The standard InChI is InChI=1S/C7H4F8O/c1-2-16-6(12,7(13,14)15)5(10,11)3-4(8)9/h2-3H,1H2. The zero-order valence-electron chi connectivity index (χ0n) is 7.29. The molecule has 0 aromatic rings. The molecule has 0 aliphatic heterocycles. The molecular formula is C7H4F8O. The third-order valence-electron chi connectivity index (χ3n) is 1.33. The van der Waals surface area contributed by atoms with Gasteiger partial charge < -0.3 is 4.74 Å². The maximum absolute atomic E-state index is 12.9. The Kier molecular flexibility index (Phi) is 3.96. The Labute approximate surface area is 84.0 Å². The third-order valence-corrected chi connectivity index (χ3v) is 1.33. The molecule has 0 fully saturated rings. The van der Waals surface area contributed by atoms with E-state index < -0.39 is 30.1 Å². The molecule has 0 aliphatic carbocycles. The first-order chi connectivity index (χ1) is 6.98. The van der Waals surface area contributed by atoms with Gasteiger partial charge in [-0.15, -0.1) is 0 Å². The first kappa shape index (κ1) is 14.7. The van der Waals surface area contributed by atoms with E-state index in [1.54, 1.807) is 0 Å². The molecule has 0 saturated heterocycles. The van der Waals surface area contributed by atoms with Crippen LogP contribution in [0.4, 0.5) is 35.1 Å². The van der Waals surface area contributed by atoms with Gasteiger partial charge in [-0.3, -0.25) is 0 Å². The predicted octanol–water partition coefficient (Wildman–Crippen LogP) is 3.79. The van der Waals surface area contributed by atoms with E-state index in [2.05, 4.69) is 11.3 Å². The van der Waals surface area contributed by atoms with E-state index >= 15 is 0 Å². The van der Waals surface area contributed by atoms with Crippen LogP contribution >= 0.6 is 0 Å². The Morgan fingerprint density at radius 2 is 1.44 bits per heavy atom. The number of alkyl halides is 6. The number of halogens is 8. The maximum atomic E-state index is 12.9. The van der Waals surface area contributed by atoms with Crippen molar-refractivity contribution in [2.45, 2.75) is 18.0 Å². The maximum Gasteiger partial charge on any atom is 0.467 e. The molecule has 0 radical (unpaired) electrons. The SMILES string of the molecule is C=COC(F)(C(F)(F)F)C(F)(F)C=C(F)F. The quantitative estimate of drug-likeness (QED) is 0.549. The van der Waals surface area contributed by atoms with Gasteiger partial charge in [0.15, 0.2) is 0 Å². The van der Waals surface area contributed by atoms with Crippen molar-refractivity contribution >= 4 is 0 Å². The van der Waals surface area contributed by atoms with Crippen LogP contribution in [0.3, 0.4) is 0 Å². The van der Waals surface area contributed by atoms with Crippen molar-refractivity contribution in [2.75, 3.05) is 0 Å². The molecule has 0 amide bonds. The summed E-state index contributed by atoms with van der Waals surface area (Å²) in [4.78, 5) is 0. The fourth-order valence-electron chi connectivity index (χ4n) is 0.679. The predicted molar refractivity (Wildman–Crippen MR) is 36.4 cm³/mol. The Hall–Kier alpha value is -1.28. The van der Waals surface area contributed by atoms with Gasteiger partial charge in [-0.05, 0) is 0 Å². The minimum atomic E-state index is -6.21. The molecule has 1 nitrogen and oxygen atoms in total. The van der Waals surface area contributed by atoms with Gasteiger partial charge in [0, 0.05) is 0 Å². The highest BCUT2D eigenvalue weighted by Gasteiger charge is 2.73. The van der Waals surface area contributed by atoms with Gasteiger partial charge in [0.1, 0.15) is 0 Å². The second-order valence-electron chi connectivity index (χ2n) is 2.43. The van der Waals surface area contributed by atoms with Crippen molar-refractivity contribution in [1.82, 2.24) is 0 Å². The van der Waals surface area contributed by atoms with Crippen LogP contribution in [0.2, 0.25) is 0 Å². The minimum absolute atomic E-state index is 0.259. The van der Waals surface area contributed by atoms with E-state index in [-0.39, 0.29) is 6.26 Å². The van der Waals surface area contributed by atoms with Crippen molar-refractivity contribution in [1.29, 1.82) is 0 Å². The van der Waals surface area contributed by atoms with Crippen LogP contribution in [-0.2, 0) is 4.74 Å². The van der Waals surface area contributed by atoms with E-state index in [1.807, 2.05) is 0 Å². The zero-order chi connectivity index (χ0) is 13.2. The minimum Gasteiger partial charge on any atom is -0.454 e. The largest absolute Gasteiger partial charge is 0.467 e. The summed E-state index contributed by atoms with van der Waals surface area (Å²) < 4.78 is 99.8. The van der Waals surface area contributed by atoms with Gasteiger partial charge in [-0.1, -0.05) is 6.58 Å². The molecule has 0 bridgehead atoms. The molecule has 0 heterocycles. The normalized spacial score (nSPS) is 16.2. The van der Waals surface area contributed by atoms with Crippen LogP contribution in [-0.4, -0.2) is 18.0 Å². The summed E-state index contributed by atoms with van der Waals surface area (Å²) in [7, 11) is 0. The lowest BCUT2D eigenvalue weighted by Gasteiger charge is -2.31. The number of ether oxygens (including phenoxy) is 1. The average molecular weight is 256 g/mol. The molecule has 1 atom stereocenters. The summed E-state index contributed by atoms with van der Waals surface area (Å²) in [6.45, 7) is 2.45. The summed E-state index contributed by atoms with van der Waals surface area (Å²) in [6, 6.07) is 0. The highest BCUT2D eigenvalue weighted by Crippen LogP contribution is 2.47. The van der Waals surface area contributed by atoms with Gasteiger partial charge in [-0.25, -0.2) is 0 Å². The molecule has 94 valence electrons. The van der Waals surface area contributed by atoms with Crippen molar-refractivity contribution in [3.8, 4) is 0 Å². The lowest BCUT2D eigenvalue weighted by Crippen LogP contribution is -2.55. The van der Waals surface area contributed by atoms with Gasteiger partial charge in [-0.2, -0.15) is 35.1 Å². The highest BCUT2D eigenvalue weighted by atomic mass is 19.4. The third kappa shape index (κ3) is 2.64. The molecule has 0 aromatic carbocycles. The molecular weight excluding hydrogens is 252 g/mol. The van der Waals surface area contributed by atoms with E-state index in [9.17, 15) is 35.1 Å². The van der Waals surface area contributed by atoms with E-state index in [1.165, 1.54) is 0 Å². The second-order valence-corrected chi connectivity index (χ2v) is 2.43. The van der Waals surface area contributed by atoms with Gasteiger partial charge in [0.25, 0.3) is 6.08 Å². The summed E-state index contributed by atoms with van der Waals surface area (Å²) in [5.74, 6) is -11.2. The molecule has 0 spiro atoms. The van der Waals surface area contributed by atoms with Crippen molar-refractivity contribution < 1.29 is 39.9 Å².